The highest BCUT2D eigenvalue weighted by Gasteiger charge is 2.32. The minimum Gasteiger partial charge on any atom is -0.310 e. The topological polar surface area (TPSA) is 66.9 Å². The predicted octanol–water partition coefficient (Wildman–Crippen LogP) is 3.78. The van der Waals surface area contributed by atoms with Gasteiger partial charge in [-0.1, -0.05) is 28.1 Å². The molecule has 0 spiro atoms. The molecule has 2 aliphatic rings. The smallest absolute Gasteiger partial charge is 0.270 e. The first-order valence-corrected chi connectivity index (χ1v) is 11.2. The number of hydrogen-bond acceptors (Lipinski definition) is 4. The van der Waals surface area contributed by atoms with Crippen LogP contribution in [0.15, 0.2) is 33.5 Å². The molecule has 0 radical (unpaired) electrons. The van der Waals surface area contributed by atoms with Gasteiger partial charge in [0.1, 0.15) is 5.82 Å². The number of carbonyl (C=O) groups excluding carboxylic acids is 1. The summed E-state index contributed by atoms with van der Waals surface area (Å²) in [6.07, 6.45) is 2.01. The molecule has 2 aromatic rings. The average Bonchev–Trinajstić information content (AvgIpc) is 2.82. The second-order valence-electron chi connectivity index (χ2n) is 6.21. The van der Waals surface area contributed by atoms with E-state index in [1.165, 1.54) is 11.8 Å². The summed E-state index contributed by atoms with van der Waals surface area (Å²) < 4.78 is 2.88. The van der Waals surface area contributed by atoms with Gasteiger partial charge in [-0.05, 0) is 42.0 Å². The summed E-state index contributed by atoms with van der Waals surface area (Å²) >= 11 is 6.94. The van der Waals surface area contributed by atoms with E-state index < -0.39 is 0 Å². The molecule has 1 amide bonds. The second kappa shape index (κ2) is 7.25. The van der Waals surface area contributed by atoms with Gasteiger partial charge in [0.15, 0.2) is 0 Å². The number of benzene rings is 1. The maximum Gasteiger partial charge on any atom is 0.270 e. The molecule has 1 saturated heterocycles. The zero-order valence-electron chi connectivity index (χ0n) is 13.5. The Balaban J connectivity index is 1.82. The minimum atomic E-state index is -0.158. The molecule has 132 valence electrons. The summed E-state index contributed by atoms with van der Waals surface area (Å²) in [6.45, 7) is 0. The Morgan fingerprint density at radius 2 is 2.00 bits per heavy atom. The molecule has 25 heavy (non-hydrogen) atoms. The zero-order chi connectivity index (χ0) is 17.4. The molecule has 0 unspecified atom stereocenters. The highest BCUT2D eigenvalue weighted by atomic mass is 79.9. The Bertz CT molecular complexity index is 858. The van der Waals surface area contributed by atoms with Gasteiger partial charge >= 0.3 is 0 Å². The number of carbonyl (C=O) groups is 1. The number of thioether (sulfide) groups is 2. The molecule has 0 saturated carbocycles. The van der Waals surface area contributed by atoms with Crippen LogP contribution in [0, 0.1) is 0 Å². The third-order valence-corrected chi connectivity index (χ3v) is 7.38. The number of amides is 1. The zero-order valence-corrected chi connectivity index (χ0v) is 16.7. The van der Waals surface area contributed by atoms with Crippen LogP contribution in [-0.4, -0.2) is 32.9 Å². The fraction of sp³-hybridized carbons (Fsp3) is 0.412. The van der Waals surface area contributed by atoms with Crippen molar-refractivity contribution in [2.75, 3.05) is 22.6 Å². The summed E-state index contributed by atoms with van der Waals surface area (Å²) in [5.41, 5.74) is 1.58. The van der Waals surface area contributed by atoms with E-state index in [9.17, 15) is 9.59 Å². The van der Waals surface area contributed by atoms with E-state index in [1.54, 1.807) is 0 Å². The molecular formula is C17H18BrN3O2S2. The van der Waals surface area contributed by atoms with Crippen molar-refractivity contribution in [2.24, 2.45) is 0 Å². The van der Waals surface area contributed by atoms with Gasteiger partial charge in [0.2, 0.25) is 5.91 Å². The van der Waals surface area contributed by atoms with Crippen molar-refractivity contribution in [3.8, 4) is 0 Å². The number of rotatable bonds is 2. The Kier molecular flexibility index (Phi) is 5.01. The SMILES string of the molecule is O=C1CS[C@H](c2cccc(Br)c2)c2c(n(C3CCSCC3)[nH]c2=O)N1. The Morgan fingerprint density at radius 1 is 1.20 bits per heavy atom. The standard InChI is InChI=1S/C17H18BrN3O2S2/c18-11-3-1-2-10(8-11)15-14-16(19-13(22)9-25-15)21(20-17(14)23)12-4-6-24-7-5-12/h1-3,8,12,15H,4-7,9H2,(H,19,22)(H,20,23)/t15-/m1/s1. The number of nitrogens with one attached hydrogen (secondary N) is 2. The van der Waals surface area contributed by atoms with Crippen LogP contribution in [0.2, 0.25) is 0 Å². The lowest BCUT2D eigenvalue weighted by Crippen LogP contribution is -2.22. The predicted molar refractivity (Wildman–Crippen MR) is 108 cm³/mol. The monoisotopic (exact) mass is 439 g/mol. The van der Waals surface area contributed by atoms with Crippen LogP contribution in [0.3, 0.4) is 0 Å². The van der Waals surface area contributed by atoms with Crippen molar-refractivity contribution in [3.05, 3.63) is 50.2 Å². The van der Waals surface area contributed by atoms with Crippen molar-refractivity contribution in [1.82, 2.24) is 9.78 Å². The van der Waals surface area contributed by atoms with Crippen molar-refractivity contribution in [1.29, 1.82) is 0 Å². The van der Waals surface area contributed by atoms with Gasteiger partial charge in [-0.3, -0.25) is 19.4 Å². The summed E-state index contributed by atoms with van der Waals surface area (Å²) in [5.74, 6) is 3.10. The van der Waals surface area contributed by atoms with Crippen molar-refractivity contribution < 1.29 is 4.79 Å². The average molecular weight is 440 g/mol. The summed E-state index contributed by atoms with van der Waals surface area (Å²) in [6, 6.07) is 8.19. The molecule has 1 aromatic heterocycles. The van der Waals surface area contributed by atoms with Crippen LogP contribution in [0.1, 0.15) is 35.3 Å². The van der Waals surface area contributed by atoms with Crippen LogP contribution < -0.4 is 10.9 Å². The molecule has 2 N–H and O–H groups in total. The van der Waals surface area contributed by atoms with E-state index in [1.807, 2.05) is 40.7 Å². The lowest BCUT2D eigenvalue weighted by atomic mass is 10.1. The molecule has 0 bridgehead atoms. The van der Waals surface area contributed by atoms with Gasteiger partial charge in [-0.2, -0.15) is 11.8 Å². The fourth-order valence-electron chi connectivity index (χ4n) is 3.39. The molecule has 4 rings (SSSR count). The largest absolute Gasteiger partial charge is 0.310 e. The first kappa shape index (κ1) is 17.3. The molecule has 1 atom stereocenters. The fourth-order valence-corrected chi connectivity index (χ4v) is 6.01. The Morgan fingerprint density at radius 3 is 2.76 bits per heavy atom. The van der Waals surface area contributed by atoms with Crippen molar-refractivity contribution >= 4 is 51.2 Å². The van der Waals surface area contributed by atoms with Crippen LogP contribution >= 0.6 is 39.5 Å². The molecule has 1 aromatic carbocycles. The highest BCUT2D eigenvalue weighted by molar-refractivity contribution is 9.10. The van der Waals surface area contributed by atoms with Gasteiger partial charge in [0.05, 0.1) is 22.6 Å². The molecule has 2 aliphatic heterocycles. The first-order valence-electron chi connectivity index (χ1n) is 8.22. The molecule has 8 heteroatoms. The van der Waals surface area contributed by atoms with E-state index in [0.717, 1.165) is 34.4 Å². The van der Waals surface area contributed by atoms with Gasteiger partial charge in [0.25, 0.3) is 5.56 Å². The van der Waals surface area contributed by atoms with E-state index in [4.69, 9.17) is 0 Å². The molecule has 1 fully saturated rings. The maximum atomic E-state index is 12.8. The van der Waals surface area contributed by atoms with E-state index >= 15 is 0 Å². The van der Waals surface area contributed by atoms with Gasteiger partial charge in [0, 0.05) is 4.47 Å². The van der Waals surface area contributed by atoms with Crippen molar-refractivity contribution in [3.63, 3.8) is 0 Å². The van der Waals surface area contributed by atoms with Crippen LogP contribution in [0.4, 0.5) is 5.82 Å². The normalized spacial score (nSPS) is 21.5. The lowest BCUT2D eigenvalue weighted by Gasteiger charge is -2.24. The number of fused-ring (bicyclic) bond motifs is 1. The molecule has 5 nitrogen and oxygen atoms in total. The van der Waals surface area contributed by atoms with Gasteiger partial charge in [-0.25, -0.2) is 0 Å². The number of hydrogen-bond donors (Lipinski definition) is 2. The summed E-state index contributed by atoms with van der Waals surface area (Å²) in [5, 5.41) is 5.82. The molecule has 0 aliphatic carbocycles. The summed E-state index contributed by atoms with van der Waals surface area (Å²) in [4.78, 5) is 25.1. The number of nitrogens with zero attached hydrogens (tertiary/aromatic N) is 1. The molecule has 3 heterocycles. The number of anilines is 1. The number of H-pyrrole nitrogens is 1. The second-order valence-corrected chi connectivity index (χ2v) is 9.44. The van der Waals surface area contributed by atoms with E-state index in [0.29, 0.717) is 17.1 Å². The molecular weight excluding hydrogens is 422 g/mol. The summed E-state index contributed by atoms with van der Waals surface area (Å²) in [7, 11) is 0. The Labute approximate surface area is 162 Å². The Hall–Kier alpha value is -1.12. The third-order valence-electron chi connectivity index (χ3n) is 4.57. The van der Waals surface area contributed by atoms with E-state index in [2.05, 4.69) is 26.3 Å². The van der Waals surface area contributed by atoms with Gasteiger partial charge < -0.3 is 5.32 Å². The van der Waals surface area contributed by atoms with Crippen LogP contribution in [-0.2, 0) is 4.79 Å². The van der Waals surface area contributed by atoms with Crippen LogP contribution in [0.25, 0.3) is 0 Å². The lowest BCUT2D eigenvalue weighted by molar-refractivity contribution is -0.113. The number of aromatic nitrogens is 2. The number of halogens is 1. The minimum absolute atomic E-state index is 0.0540. The third kappa shape index (κ3) is 3.44. The maximum absolute atomic E-state index is 12.8. The van der Waals surface area contributed by atoms with Crippen molar-refractivity contribution in [2.45, 2.75) is 24.1 Å². The van der Waals surface area contributed by atoms with Gasteiger partial charge in [-0.15, -0.1) is 11.8 Å². The quantitative estimate of drug-likeness (QED) is 0.746. The number of aromatic amines is 1. The van der Waals surface area contributed by atoms with E-state index in [-0.39, 0.29) is 22.8 Å². The first-order chi connectivity index (χ1) is 12.1. The van der Waals surface area contributed by atoms with Crippen LogP contribution in [0.5, 0.6) is 0 Å². The highest BCUT2D eigenvalue weighted by Crippen LogP contribution is 2.41.